The lowest BCUT2D eigenvalue weighted by Gasteiger charge is -2.19. The van der Waals surface area contributed by atoms with Crippen molar-refractivity contribution in [1.29, 1.82) is 5.26 Å². The van der Waals surface area contributed by atoms with Gasteiger partial charge in [-0.3, -0.25) is 0 Å². The number of hydrogen-bond acceptors (Lipinski definition) is 2. The molecule has 2 nitrogen and oxygen atoms in total. The third kappa shape index (κ3) is 2.84. The first-order chi connectivity index (χ1) is 4.59. The molecule has 0 fully saturated rings. The average Bonchev–Trinajstić information content (AvgIpc) is 1.87. The molecule has 0 heterocycles. The molecule has 10 heavy (non-hydrogen) atoms. The van der Waals surface area contributed by atoms with Gasteiger partial charge in [0.1, 0.15) is 0 Å². The molecule has 0 saturated heterocycles. The van der Waals surface area contributed by atoms with Gasteiger partial charge < -0.3 is 5.11 Å². The number of hydrogen-bond donors (Lipinski definition) is 1. The minimum atomic E-state index is -0.454. The van der Waals surface area contributed by atoms with Crippen LogP contribution >= 0.6 is 0 Å². The Morgan fingerprint density at radius 3 is 2.20 bits per heavy atom. The van der Waals surface area contributed by atoms with Crippen LogP contribution in [0.25, 0.3) is 0 Å². The van der Waals surface area contributed by atoms with Crippen molar-refractivity contribution in [3.05, 3.63) is 0 Å². The fraction of sp³-hybridized carbons (Fsp3) is 0.875. The molecule has 0 amide bonds. The Hall–Kier alpha value is -0.550. The van der Waals surface area contributed by atoms with Crippen LogP contribution in [0.1, 0.15) is 27.2 Å². The highest BCUT2D eigenvalue weighted by Crippen LogP contribution is 2.15. The molecule has 0 bridgehead atoms. The average molecular weight is 141 g/mol. The van der Waals surface area contributed by atoms with Crippen LogP contribution < -0.4 is 0 Å². The first-order valence-electron chi connectivity index (χ1n) is 3.64. The molecule has 0 spiro atoms. The lowest BCUT2D eigenvalue weighted by atomic mass is 9.91. The highest BCUT2D eigenvalue weighted by molar-refractivity contribution is 4.79. The molecule has 0 aromatic rings. The minimum absolute atomic E-state index is 0.222. The molecule has 0 aromatic carbocycles. The van der Waals surface area contributed by atoms with Crippen LogP contribution in [0.5, 0.6) is 0 Å². The largest absolute Gasteiger partial charge is 0.392 e. The van der Waals surface area contributed by atoms with Crippen molar-refractivity contribution in [2.75, 3.05) is 0 Å². The minimum Gasteiger partial charge on any atom is -0.392 e. The first kappa shape index (κ1) is 9.45. The second-order valence-corrected chi connectivity index (χ2v) is 3.03. The summed E-state index contributed by atoms with van der Waals surface area (Å²) in [7, 11) is 0. The summed E-state index contributed by atoms with van der Waals surface area (Å²) in [6.07, 6.45) is -0.204. The smallest absolute Gasteiger partial charge is 0.0698 e. The van der Waals surface area contributed by atoms with Gasteiger partial charge in [0.15, 0.2) is 0 Å². The van der Waals surface area contributed by atoms with Crippen LogP contribution in [-0.4, -0.2) is 11.2 Å². The van der Waals surface area contributed by atoms with E-state index in [4.69, 9.17) is 5.26 Å². The number of nitrogens with zero attached hydrogens (tertiary/aromatic N) is 1. The van der Waals surface area contributed by atoms with E-state index in [1.54, 1.807) is 0 Å². The first-order valence-corrected chi connectivity index (χ1v) is 3.64. The molecule has 0 aliphatic rings. The number of rotatable bonds is 3. The Balaban J connectivity index is 3.72. The monoisotopic (exact) mass is 141 g/mol. The summed E-state index contributed by atoms with van der Waals surface area (Å²) in [5, 5.41) is 17.5. The van der Waals surface area contributed by atoms with Crippen LogP contribution in [0.15, 0.2) is 0 Å². The predicted molar refractivity (Wildman–Crippen MR) is 40.2 cm³/mol. The number of nitriles is 1. The summed E-state index contributed by atoms with van der Waals surface area (Å²) in [6.45, 7) is 6.06. The quantitative estimate of drug-likeness (QED) is 0.648. The Labute approximate surface area is 62.5 Å². The molecule has 0 aliphatic heterocycles. The molecule has 0 aromatic heterocycles. The van der Waals surface area contributed by atoms with Crippen LogP contribution in [0.2, 0.25) is 0 Å². The SMILES string of the molecule is CC(C)[C@H](C)[C@@H](O)CC#N. The van der Waals surface area contributed by atoms with E-state index in [1.165, 1.54) is 0 Å². The van der Waals surface area contributed by atoms with E-state index in [0.717, 1.165) is 0 Å². The van der Waals surface area contributed by atoms with Gasteiger partial charge in [-0.2, -0.15) is 5.26 Å². The Morgan fingerprint density at radius 1 is 1.40 bits per heavy atom. The zero-order chi connectivity index (χ0) is 8.15. The number of aliphatic hydroxyl groups is 1. The molecule has 2 atom stereocenters. The summed E-state index contributed by atoms with van der Waals surface area (Å²) >= 11 is 0. The van der Waals surface area contributed by atoms with E-state index in [1.807, 2.05) is 26.8 Å². The van der Waals surface area contributed by atoms with Gasteiger partial charge in [-0.05, 0) is 11.8 Å². The highest BCUT2D eigenvalue weighted by Gasteiger charge is 2.16. The van der Waals surface area contributed by atoms with Crippen molar-refractivity contribution in [3.63, 3.8) is 0 Å². The standard InChI is InChI=1S/C8H15NO/c1-6(2)7(3)8(10)4-5-9/h6-8,10H,4H2,1-3H3/t7-,8-/m0/s1. The molecule has 1 N–H and O–H groups in total. The van der Waals surface area contributed by atoms with Gasteiger partial charge in [0.05, 0.1) is 18.6 Å². The molecule has 0 aliphatic carbocycles. The second kappa shape index (κ2) is 4.29. The van der Waals surface area contributed by atoms with E-state index in [9.17, 15) is 5.11 Å². The van der Waals surface area contributed by atoms with E-state index >= 15 is 0 Å². The van der Waals surface area contributed by atoms with Gasteiger partial charge >= 0.3 is 0 Å². The molecule has 0 unspecified atom stereocenters. The van der Waals surface area contributed by atoms with E-state index < -0.39 is 6.10 Å². The zero-order valence-corrected chi connectivity index (χ0v) is 6.83. The van der Waals surface area contributed by atoms with Gasteiger partial charge in [-0.1, -0.05) is 20.8 Å². The van der Waals surface area contributed by atoms with E-state index in [0.29, 0.717) is 5.92 Å². The van der Waals surface area contributed by atoms with Crippen LogP contribution in [0.4, 0.5) is 0 Å². The lowest BCUT2D eigenvalue weighted by molar-refractivity contribution is 0.0961. The van der Waals surface area contributed by atoms with Crippen LogP contribution in [0, 0.1) is 23.2 Å². The molecule has 2 heteroatoms. The fourth-order valence-electron chi connectivity index (χ4n) is 0.724. The summed E-state index contributed by atoms with van der Waals surface area (Å²) in [5.74, 6) is 0.669. The number of aliphatic hydroxyl groups excluding tert-OH is 1. The van der Waals surface area contributed by atoms with Gasteiger partial charge in [-0.15, -0.1) is 0 Å². The van der Waals surface area contributed by atoms with Crippen molar-refractivity contribution in [2.24, 2.45) is 11.8 Å². The summed E-state index contributed by atoms with van der Waals surface area (Å²) in [4.78, 5) is 0. The van der Waals surface area contributed by atoms with Crippen LogP contribution in [-0.2, 0) is 0 Å². The third-order valence-electron chi connectivity index (χ3n) is 1.96. The molecule has 0 radical (unpaired) electrons. The van der Waals surface area contributed by atoms with E-state index in [2.05, 4.69) is 0 Å². The zero-order valence-electron chi connectivity index (χ0n) is 6.83. The summed E-state index contributed by atoms with van der Waals surface area (Å²) < 4.78 is 0. The molecule has 58 valence electrons. The normalized spacial score (nSPS) is 16.4. The molecular weight excluding hydrogens is 126 g/mol. The van der Waals surface area contributed by atoms with Gasteiger partial charge in [0, 0.05) is 0 Å². The van der Waals surface area contributed by atoms with Crippen molar-refractivity contribution < 1.29 is 5.11 Å². The van der Waals surface area contributed by atoms with Crippen molar-refractivity contribution in [2.45, 2.75) is 33.3 Å². The Morgan fingerprint density at radius 2 is 1.90 bits per heavy atom. The third-order valence-corrected chi connectivity index (χ3v) is 1.96. The maximum Gasteiger partial charge on any atom is 0.0698 e. The van der Waals surface area contributed by atoms with Gasteiger partial charge in [-0.25, -0.2) is 0 Å². The maximum absolute atomic E-state index is 9.27. The molecule has 0 rings (SSSR count). The lowest BCUT2D eigenvalue weighted by Crippen LogP contribution is -2.21. The maximum atomic E-state index is 9.27. The predicted octanol–water partition coefficient (Wildman–Crippen LogP) is 1.55. The second-order valence-electron chi connectivity index (χ2n) is 3.03. The van der Waals surface area contributed by atoms with Crippen LogP contribution in [0.3, 0.4) is 0 Å². The summed E-state index contributed by atoms with van der Waals surface area (Å²) in [6, 6.07) is 1.95. The molecular formula is C8H15NO. The van der Waals surface area contributed by atoms with E-state index in [-0.39, 0.29) is 12.3 Å². The van der Waals surface area contributed by atoms with Gasteiger partial charge in [0.25, 0.3) is 0 Å². The van der Waals surface area contributed by atoms with Gasteiger partial charge in [0.2, 0.25) is 0 Å². The fourth-order valence-corrected chi connectivity index (χ4v) is 0.724. The topological polar surface area (TPSA) is 44.0 Å². The highest BCUT2D eigenvalue weighted by atomic mass is 16.3. The molecule has 0 saturated carbocycles. The summed E-state index contributed by atoms with van der Waals surface area (Å²) in [5.41, 5.74) is 0. The Bertz CT molecular complexity index is 126. The van der Waals surface area contributed by atoms with Crippen molar-refractivity contribution >= 4 is 0 Å². The van der Waals surface area contributed by atoms with Crippen molar-refractivity contribution in [3.8, 4) is 6.07 Å². The van der Waals surface area contributed by atoms with Crippen molar-refractivity contribution in [1.82, 2.24) is 0 Å². The Kier molecular flexibility index (Phi) is 4.06.